The van der Waals surface area contributed by atoms with Gasteiger partial charge in [0.25, 0.3) is 0 Å². The molecule has 2 nitrogen and oxygen atoms in total. The minimum absolute atomic E-state index is 0.220. The molecule has 1 unspecified atom stereocenters. The molecule has 0 radical (unpaired) electrons. The Bertz CT molecular complexity index is 142. The molecule has 0 aliphatic rings. The van der Waals surface area contributed by atoms with E-state index in [4.69, 9.17) is 6.42 Å². The highest BCUT2D eigenvalue weighted by atomic mass is 16.3. The zero-order valence-corrected chi connectivity index (χ0v) is 7.17. The summed E-state index contributed by atoms with van der Waals surface area (Å²) < 4.78 is 0. The summed E-state index contributed by atoms with van der Waals surface area (Å²) in [4.78, 5) is 0. The van der Waals surface area contributed by atoms with E-state index in [0.29, 0.717) is 12.8 Å². The molecule has 64 valence electrons. The van der Waals surface area contributed by atoms with Crippen LogP contribution < -0.4 is 0 Å². The van der Waals surface area contributed by atoms with E-state index in [1.165, 1.54) is 0 Å². The van der Waals surface area contributed by atoms with Crippen LogP contribution >= 0.6 is 0 Å². The summed E-state index contributed by atoms with van der Waals surface area (Å²) in [6, 6.07) is 0. The maximum absolute atomic E-state index is 9.68. The average molecular weight is 156 g/mol. The molecule has 2 N–H and O–H groups in total. The van der Waals surface area contributed by atoms with Gasteiger partial charge >= 0.3 is 0 Å². The van der Waals surface area contributed by atoms with Gasteiger partial charge in [0.15, 0.2) is 0 Å². The van der Waals surface area contributed by atoms with Crippen molar-refractivity contribution in [3.8, 4) is 12.3 Å². The number of terminal acetylenes is 1. The van der Waals surface area contributed by atoms with Gasteiger partial charge in [0.05, 0.1) is 11.7 Å². The van der Waals surface area contributed by atoms with Gasteiger partial charge in [0, 0.05) is 6.42 Å². The second kappa shape index (κ2) is 4.38. The normalized spacial score (nSPS) is 14.1. The Labute approximate surface area is 68.2 Å². The van der Waals surface area contributed by atoms with Crippen LogP contribution in [-0.2, 0) is 0 Å². The van der Waals surface area contributed by atoms with Crippen LogP contribution in [0.3, 0.4) is 0 Å². The van der Waals surface area contributed by atoms with Crippen molar-refractivity contribution in [3.05, 3.63) is 0 Å². The fourth-order valence-electron chi connectivity index (χ4n) is 1.02. The van der Waals surface area contributed by atoms with E-state index >= 15 is 0 Å². The summed E-state index contributed by atoms with van der Waals surface area (Å²) in [5.41, 5.74) is -0.994. The minimum Gasteiger partial charge on any atom is -0.389 e. The fourth-order valence-corrected chi connectivity index (χ4v) is 1.02. The molecular formula is C9H16O2. The van der Waals surface area contributed by atoms with Gasteiger partial charge < -0.3 is 10.2 Å². The Morgan fingerprint density at radius 1 is 1.45 bits per heavy atom. The van der Waals surface area contributed by atoms with E-state index in [1.807, 2.05) is 13.8 Å². The van der Waals surface area contributed by atoms with E-state index in [0.717, 1.165) is 0 Å². The molecule has 0 spiro atoms. The maximum atomic E-state index is 9.68. The first-order chi connectivity index (χ1) is 5.10. The van der Waals surface area contributed by atoms with Crippen LogP contribution in [0, 0.1) is 12.3 Å². The molecule has 0 saturated heterocycles. The highest BCUT2D eigenvalue weighted by molar-refractivity contribution is 4.94. The first kappa shape index (κ1) is 10.5. The van der Waals surface area contributed by atoms with Crippen LogP contribution in [0.1, 0.15) is 33.1 Å². The molecule has 2 heteroatoms. The van der Waals surface area contributed by atoms with Crippen molar-refractivity contribution >= 4 is 0 Å². The zero-order valence-electron chi connectivity index (χ0n) is 7.17. The average Bonchev–Trinajstić information content (AvgIpc) is 2.03. The standard InChI is InChI=1S/C9H16O2/c1-4-7-8(10)9(11,5-2)6-3/h1,8,10-11H,5-7H2,2-3H3. The molecule has 0 fully saturated rings. The topological polar surface area (TPSA) is 40.5 Å². The smallest absolute Gasteiger partial charge is 0.0935 e. The number of hydrogen-bond acceptors (Lipinski definition) is 2. The zero-order chi connectivity index (χ0) is 8.91. The molecule has 0 heterocycles. The molecule has 0 aliphatic carbocycles. The van der Waals surface area contributed by atoms with Gasteiger partial charge in [-0.1, -0.05) is 13.8 Å². The van der Waals surface area contributed by atoms with Gasteiger partial charge in [-0.15, -0.1) is 12.3 Å². The molecule has 11 heavy (non-hydrogen) atoms. The van der Waals surface area contributed by atoms with Crippen LogP contribution in [0.5, 0.6) is 0 Å². The van der Waals surface area contributed by atoms with Gasteiger partial charge in [-0.25, -0.2) is 0 Å². The van der Waals surface area contributed by atoms with Gasteiger partial charge in [-0.2, -0.15) is 0 Å². The van der Waals surface area contributed by atoms with Crippen LogP contribution in [0.4, 0.5) is 0 Å². The van der Waals surface area contributed by atoms with E-state index in [1.54, 1.807) is 0 Å². The molecular weight excluding hydrogens is 140 g/mol. The lowest BCUT2D eigenvalue weighted by atomic mass is 9.89. The van der Waals surface area contributed by atoms with Gasteiger partial charge in [-0.05, 0) is 12.8 Å². The Hall–Kier alpha value is -0.520. The molecule has 0 bridgehead atoms. The summed E-state index contributed by atoms with van der Waals surface area (Å²) in [6.07, 6.45) is 5.51. The van der Waals surface area contributed by atoms with Crippen molar-refractivity contribution in [3.63, 3.8) is 0 Å². The molecule has 0 rings (SSSR count). The van der Waals surface area contributed by atoms with Crippen molar-refractivity contribution < 1.29 is 10.2 Å². The molecule has 0 amide bonds. The van der Waals surface area contributed by atoms with Crippen molar-refractivity contribution in [2.24, 2.45) is 0 Å². The number of aliphatic hydroxyl groups excluding tert-OH is 1. The SMILES string of the molecule is C#CCC(O)C(O)(CC)CC. The van der Waals surface area contributed by atoms with E-state index in [9.17, 15) is 10.2 Å². The quantitative estimate of drug-likeness (QED) is 0.594. The summed E-state index contributed by atoms with van der Waals surface area (Å²) in [6.45, 7) is 3.67. The number of hydrogen-bond donors (Lipinski definition) is 2. The van der Waals surface area contributed by atoms with E-state index in [-0.39, 0.29) is 6.42 Å². The highest BCUT2D eigenvalue weighted by Gasteiger charge is 2.30. The van der Waals surface area contributed by atoms with Crippen LogP contribution in [0.15, 0.2) is 0 Å². The third-order valence-corrected chi connectivity index (χ3v) is 2.16. The van der Waals surface area contributed by atoms with Crippen LogP contribution in [-0.4, -0.2) is 21.9 Å². The maximum Gasteiger partial charge on any atom is 0.0935 e. The van der Waals surface area contributed by atoms with E-state index in [2.05, 4.69) is 5.92 Å². The lowest BCUT2D eigenvalue weighted by Crippen LogP contribution is -2.40. The third kappa shape index (κ3) is 2.53. The summed E-state index contributed by atoms with van der Waals surface area (Å²) >= 11 is 0. The Morgan fingerprint density at radius 3 is 2.18 bits per heavy atom. The second-order valence-electron chi connectivity index (χ2n) is 2.73. The van der Waals surface area contributed by atoms with E-state index < -0.39 is 11.7 Å². The molecule has 0 aromatic carbocycles. The molecule has 0 aliphatic heterocycles. The summed E-state index contributed by atoms with van der Waals surface area (Å²) in [5, 5.41) is 19.1. The number of aliphatic hydroxyl groups is 2. The Morgan fingerprint density at radius 2 is 1.91 bits per heavy atom. The second-order valence-corrected chi connectivity index (χ2v) is 2.73. The lowest BCUT2D eigenvalue weighted by molar-refractivity contribution is -0.0769. The molecule has 1 atom stereocenters. The summed E-state index contributed by atoms with van der Waals surface area (Å²) in [7, 11) is 0. The summed E-state index contributed by atoms with van der Waals surface area (Å²) in [5.74, 6) is 2.33. The Balaban J connectivity index is 4.14. The van der Waals surface area contributed by atoms with Crippen molar-refractivity contribution in [2.75, 3.05) is 0 Å². The third-order valence-electron chi connectivity index (χ3n) is 2.16. The van der Waals surface area contributed by atoms with Crippen LogP contribution in [0.25, 0.3) is 0 Å². The molecule has 0 aromatic rings. The predicted molar refractivity (Wildman–Crippen MR) is 45.0 cm³/mol. The number of rotatable bonds is 4. The van der Waals surface area contributed by atoms with Crippen molar-refractivity contribution in [1.82, 2.24) is 0 Å². The molecule has 0 aromatic heterocycles. The van der Waals surface area contributed by atoms with Crippen molar-refractivity contribution in [2.45, 2.75) is 44.8 Å². The largest absolute Gasteiger partial charge is 0.389 e. The monoisotopic (exact) mass is 156 g/mol. The highest BCUT2D eigenvalue weighted by Crippen LogP contribution is 2.21. The van der Waals surface area contributed by atoms with Crippen LogP contribution in [0.2, 0.25) is 0 Å². The first-order valence-corrected chi connectivity index (χ1v) is 3.94. The van der Waals surface area contributed by atoms with Gasteiger partial charge in [0.1, 0.15) is 0 Å². The minimum atomic E-state index is -0.994. The fraction of sp³-hybridized carbons (Fsp3) is 0.778. The first-order valence-electron chi connectivity index (χ1n) is 3.94. The molecule has 0 saturated carbocycles. The van der Waals surface area contributed by atoms with Gasteiger partial charge in [0.2, 0.25) is 0 Å². The van der Waals surface area contributed by atoms with Gasteiger partial charge in [-0.3, -0.25) is 0 Å². The Kier molecular flexibility index (Phi) is 4.17. The lowest BCUT2D eigenvalue weighted by Gasteiger charge is -2.29. The predicted octanol–water partition coefficient (Wildman–Crippen LogP) is 0.922. The van der Waals surface area contributed by atoms with Crippen molar-refractivity contribution in [1.29, 1.82) is 0 Å².